The third kappa shape index (κ3) is 6.18. The summed E-state index contributed by atoms with van der Waals surface area (Å²) in [6.07, 6.45) is -0.747. The number of hydrogen-bond acceptors (Lipinski definition) is 4. The number of hydrogen-bond donors (Lipinski definition) is 2. The average molecular weight is 342 g/mol. The quantitative estimate of drug-likeness (QED) is 0.790. The summed E-state index contributed by atoms with van der Waals surface area (Å²) < 4.78 is 10.9. The van der Waals surface area contributed by atoms with Gasteiger partial charge in [-0.05, 0) is 56.2 Å². The number of carbonyl (C=O) groups excluding carboxylic acids is 2. The molecule has 0 heterocycles. The lowest BCUT2D eigenvalue weighted by atomic mass is 10.1. The highest BCUT2D eigenvalue weighted by atomic mass is 16.5. The fourth-order valence-corrected chi connectivity index (χ4v) is 2.19. The van der Waals surface area contributed by atoms with E-state index in [9.17, 15) is 9.59 Å². The van der Waals surface area contributed by atoms with Crippen LogP contribution in [0.2, 0.25) is 0 Å². The van der Waals surface area contributed by atoms with Gasteiger partial charge in [-0.1, -0.05) is 24.3 Å². The highest BCUT2D eigenvalue weighted by Crippen LogP contribution is 2.15. The van der Waals surface area contributed by atoms with Crippen molar-refractivity contribution in [2.45, 2.75) is 26.9 Å². The molecule has 2 N–H and O–H groups in total. The largest absolute Gasteiger partial charge is 0.484 e. The first-order valence-electron chi connectivity index (χ1n) is 7.95. The standard InChI is InChI=1S/C19H22N2O4/c1-13-9-14(2)11-17(10-13)24-12-18(22)20-21-19(23)15(3)25-16-7-5-4-6-8-16/h4-11,15H,12H2,1-3H3,(H,20,22)(H,21,23). The molecule has 2 rings (SSSR count). The fraction of sp³-hybridized carbons (Fsp3) is 0.263. The van der Waals surface area contributed by atoms with Crippen LogP contribution >= 0.6 is 0 Å². The smallest absolute Gasteiger partial charge is 0.279 e. The molecule has 0 bridgehead atoms. The highest BCUT2D eigenvalue weighted by molar-refractivity contribution is 5.85. The first-order chi connectivity index (χ1) is 11.9. The predicted octanol–water partition coefficient (Wildman–Crippen LogP) is 2.30. The van der Waals surface area contributed by atoms with Crippen LogP contribution in [0.4, 0.5) is 0 Å². The number of benzene rings is 2. The van der Waals surface area contributed by atoms with Crippen molar-refractivity contribution in [3.8, 4) is 11.5 Å². The summed E-state index contributed by atoms with van der Waals surface area (Å²) in [6.45, 7) is 5.31. The molecule has 1 unspecified atom stereocenters. The first-order valence-corrected chi connectivity index (χ1v) is 7.95. The summed E-state index contributed by atoms with van der Waals surface area (Å²) in [7, 11) is 0. The molecule has 0 aromatic heterocycles. The zero-order valence-electron chi connectivity index (χ0n) is 14.5. The van der Waals surface area contributed by atoms with Gasteiger partial charge in [-0.3, -0.25) is 20.4 Å². The molecule has 0 aliphatic carbocycles. The van der Waals surface area contributed by atoms with Gasteiger partial charge < -0.3 is 9.47 Å². The van der Waals surface area contributed by atoms with Gasteiger partial charge in [-0.2, -0.15) is 0 Å². The maximum atomic E-state index is 11.9. The van der Waals surface area contributed by atoms with Crippen molar-refractivity contribution in [1.82, 2.24) is 10.9 Å². The molecule has 0 aliphatic rings. The number of hydrazine groups is 1. The van der Waals surface area contributed by atoms with Crippen LogP contribution in [0.1, 0.15) is 18.1 Å². The van der Waals surface area contributed by atoms with E-state index in [0.717, 1.165) is 11.1 Å². The maximum Gasteiger partial charge on any atom is 0.279 e. The molecular formula is C19H22N2O4. The van der Waals surface area contributed by atoms with Crippen LogP contribution in [0.15, 0.2) is 48.5 Å². The Bertz CT molecular complexity index is 711. The Morgan fingerprint density at radius 3 is 2.24 bits per heavy atom. The molecule has 1 atom stereocenters. The van der Waals surface area contributed by atoms with Gasteiger partial charge >= 0.3 is 0 Å². The Hall–Kier alpha value is -3.02. The van der Waals surface area contributed by atoms with Gasteiger partial charge in [0.25, 0.3) is 11.8 Å². The average Bonchev–Trinajstić information content (AvgIpc) is 2.58. The lowest BCUT2D eigenvalue weighted by Gasteiger charge is -2.15. The van der Waals surface area contributed by atoms with Gasteiger partial charge in [0.15, 0.2) is 12.7 Å². The molecule has 6 heteroatoms. The Labute approximate surface area is 147 Å². The molecule has 2 aromatic rings. The van der Waals surface area contributed by atoms with E-state index < -0.39 is 17.9 Å². The zero-order chi connectivity index (χ0) is 18.2. The Kier molecular flexibility index (Phi) is 6.39. The summed E-state index contributed by atoms with van der Waals surface area (Å²) in [5.41, 5.74) is 6.73. The van der Waals surface area contributed by atoms with E-state index in [1.165, 1.54) is 0 Å². The van der Waals surface area contributed by atoms with Crippen molar-refractivity contribution in [3.05, 3.63) is 59.7 Å². The van der Waals surface area contributed by atoms with Crippen molar-refractivity contribution in [2.24, 2.45) is 0 Å². The van der Waals surface area contributed by atoms with E-state index in [-0.39, 0.29) is 6.61 Å². The molecule has 132 valence electrons. The van der Waals surface area contributed by atoms with E-state index in [4.69, 9.17) is 9.47 Å². The van der Waals surface area contributed by atoms with Gasteiger partial charge in [0.05, 0.1) is 0 Å². The zero-order valence-corrected chi connectivity index (χ0v) is 14.5. The SMILES string of the molecule is Cc1cc(C)cc(OCC(=O)NNC(=O)C(C)Oc2ccccc2)c1. The van der Waals surface area contributed by atoms with Crippen LogP contribution in [-0.4, -0.2) is 24.5 Å². The second-order valence-electron chi connectivity index (χ2n) is 5.72. The van der Waals surface area contributed by atoms with Crippen molar-refractivity contribution in [3.63, 3.8) is 0 Å². The summed E-state index contributed by atoms with van der Waals surface area (Å²) in [5.74, 6) is 0.275. The van der Waals surface area contributed by atoms with Crippen molar-refractivity contribution in [1.29, 1.82) is 0 Å². The molecule has 0 fully saturated rings. The van der Waals surface area contributed by atoms with E-state index >= 15 is 0 Å². The number of rotatable bonds is 6. The van der Waals surface area contributed by atoms with Crippen molar-refractivity contribution < 1.29 is 19.1 Å². The topological polar surface area (TPSA) is 76.7 Å². The predicted molar refractivity (Wildman–Crippen MR) is 94.2 cm³/mol. The Morgan fingerprint density at radius 2 is 1.60 bits per heavy atom. The van der Waals surface area contributed by atoms with Crippen LogP contribution < -0.4 is 20.3 Å². The molecule has 0 spiro atoms. The van der Waals surface area contributed by atoms with Gasteiger partial charge in [0.1, 0.15) is 11.5 Å². The molecule has 0 radical (unpaired) electrons. The van der Waals surface area contributed by atoms with Crippen LogP contribution in [-0.2, 0) is 9.59 Å². The molecule has 2 aromatic carbocycles. The van der Waals surface area contributed by atoms with Crippen molar-refractivity contribution >= 4 is 11.8 Å². The Morgan fingerprint density at radius 1 is 0.960 bits per heavy atom. The minimum atomic E-state index is -0.747. The minimum Gasteiger partial charge on any atom is -0.484 e. The van der Waals surface area contributed by atoms with Crippen LogP contribution in [0.3, 0.4) is 0 Å². The fourth-order valence-electron chi connectivity index (χ4n) is 2.19. The van der Waals surface area contributed by atoms with Gasteiger partial charge in [-0.25, -0.2) is 0 Å². The number of aryl methyl sites for hydroxylation is 2. The molecule has 0 aliphatic heterocycles. The summed E-state index contributed by atoms with van der Waals surface area (Å²) in [5, 5.41) is 0. The molecular weight excluding hydrogens is 320 g/mol. The number of amides is 2. The minimum absolute atomic E-state index is 0.197. The molecule has 0 saturated carbocycles. The Balaban J connectivity index is 1.74. The van der Waals surface area contributed by atoms with Crippen LogP contribution in [0, 0.1) is 13.8 Å². The van der Waals surface area contributed by atoms with Crippen LogP contribution in [0.5, 0.6) is 11.5 Å². The molecule has 2 amide bonds. The lowest BCUT2D eigenvalue weighted by molar-refractivity contribution is -0.133. The van der Waals surface area contributed by atoms with Gasteiger partial charge in [0, 0.05) is 0 Å². The summed E-state index contributed by atoms with van der Waals surface area (Å²) in [6, 6.07) is 14.7. The van der Waals surface area contributed by atoms with E-state index in [1.54, 1.807) is 19.1 Å². The van der Waals surface area contributed by atoms with Gasteiger partial charge in [0.2, 0.25) is 0 Å². The summed E-state index contributed by atoms with van der Waals surface area (Å²) >= 11 is 0. The number of nitrogens with one attached hydrogen (secondary N) is 2. The lowest BCUT2D eigenvalue weighted by Crippen LogP contribution is -2.48. The maximum absolute atomic E-state index is 11.9. The molecule has 6 nitrogen and oxygen atoms in total. The number of ether oxygens (including phenoxy) is 2. The molecule has 25 heavy (non-hydrogen) atoms. The summed E-state index contributed by atoms with van der Waals surface area (Å²) in [4.78, 5) is 23.7. The molecule has 0 saturated heterocycles. The van der Waals surface area contributed by atoms with Crippen LogP contribution in [0.25, 0.3) is 0 Å². The van der Waals surface area contributed by atoms with Gasteiger partial charge in [-0.15, -0.1) is 0 Å². The third-order valence-corrected chi connectivity index (χ3v) is 3.32. The monoisotopic (exact) mass is 342 g/mol. The third-order valence-electron chi connectivity index (χ3n) is 3.32. The number of para-hydroxylation sites is 1. The highest BCUT2D eigenvalue weighted by Gasteiger charge is 2.15. The van der Waals surface area contributed by atoms with E-state index in [0.29, 0.717) is 11.5 Å². The number of carbonyl (C=O) groups is 2. The first kappa shape index (κ1) is 18.3. The second-order valence-corrected chi connectivity index (χ2v) is 5.72. The van der Waals surface area contributed by atoms with E-state index in [1.807, 2.05) is 50.2 Å². The second kappa shape index (κ2) is 8.73. The van der Waals surface area contributed by atoms with E-state index in [2.05, 4.69) is 10.9 Å². The normalized spacial score (nSPS) is 11.3. The van der Waals surface area contributed by atoms with Crippen molar-refractivity contribution in [2.75, 3.05) is 6.61 Å².